The first kappa shape index (κ1) is 13.3. The van der Waals surface area contributed by atoms with E-state index in [2.05, 4.69) is 9.97 Å². The third kappa shape index (κ3) is 2.61. The van der Waals surface area contributed by atoms with Gasteiger partial charge in [-0.05, 0) is 23.8 Å². The lowest BCUT2D eigenvalue weighted by atomic mass is 10.0. The maximum atomic E-state index is 11.1. The molecule has 3 aromatic rings. The highest BCUT2D eigenvalue weighted by Gasteiger charge is 2.09. The first-order valence-electron chi connectivity index (χ1n) is 6.21. The molecule has 104 valence electrons. The first-order chi connectivity index (χ1) is 10.1. The Hall–Kier alpha value is -2.73. The predicted molar refractivity (Wildman–Crippen MR) is 83.7 cm³/mol. The van der Waals surface area contributed by atoms with Crippen LogP contribution in [0.15, 0.2) is 48.1 Å². The quantitative estimate of drug-likeness (QED) is 0.776. The van der Waals surface area contributed by atoms with Crippen molar-refractivity contribution in [2.24, 2.45) is 5.73 Å². The number of nitrogens with zero attached hydrogens (tertiary/aromatic N) is 2. The molecule has 4 N–H and O–H groups in total. The first-order valence-corrected chi connectivity index (χ1v) is 7.09. The standard InChI is InChI=1S/C15H12N4OS/c16-13-12(9-1-3-10(4-2-9)14(17)20)7-11(8-19-13)15-18-5-6-21-15/h1-8H,(H2,16,19)(H2,17,20). The number of hydrogen-bond donors (Lipinski definition) is 2. The smallest absolute Gasteiger partial charge is 0.248 e. The third-order valence-electron chi connectivity index (χ3n) is 3.08. The van der Waals surface area contributed by atoms with Crippen LogP contribution in [0.2, 0.25) is 0 Å². The molecule has 0 bridgehead atoms. The number of anilines is 1. The molecule has 0 aliphatic heterocycles. The van der Waals surface area contributed by atoms with Crippen LogP contribution in [0.1, 0.15) is 10.4 Å². The lowest BCUT2D eigenvalue weighted by molar-refractivity contribution is 0.100. The van der Waals surface area contributed by atoms with Crippen molar-refractivity contribution in [2.45, 2.75) is 0 Å². The number of amides is 1. The zero-order chi connectivity index (χ0) is 14.8. The van der Waals surface area contributed by atoms with Gasteiger partial charge in [-0.15, -0.1) is 11.3 Å². The Bertz CT molecular complexity index is 782. The van der Waals surface area contributed by atoms with Crippen molar-refractivity contribution in [2.75, 3.05) is 5.73 Å². The fraction of sp³-hybridized carbons (Fsp3) is 0. The van der Waals surface area contributed by atoms with Gasteiger partial charge >= 0.3 is 0 Å². The highest BCUT2D eigenvalue weighted by atomic mass is 32.1. The Morgan fingerprint density at radius 3 is 2.48 bits per heavy atom. The Morgan fingerprint density at radius 2 is 1.86 bits per heavy atom. The summed E-state index contributed by atoms with van der Waals surface area (Å²) in [4.78, 5) is 19.6. The zero-order valence-corrected chi connectivity index (χ0v) is 11.8. The van der Waals surface area contributed by atoms with Crippen molar-refractivity contribution >= 4 is 23.1 Å². The third-order valence-corrected chi connectivity index (χ3v) is 3.90. The molecule has 0 aliphatic rings. The average molecular weight is 296 g/mol. The van der Waals surface area contributed by atoms with E-state index in [1.807, 2.05) is 11.4 Å². The molecule has 5 nitrogen and oxygen atoms in total. The van der Waals surface area contributed by atoms with E-state index in [-0.39, 0.29) is 0 Å². The molecule has 0 aliphatic carbocycles. The number of aromatic nitrogens is 2. The number of rotatable bonds is 3. The van der Waals surface area contributed by atoms with Crippen molar-refractivity contribution in [3.05, 3.63) is 53.7 Å². The molecule has 0 unspecified atom stereocenters. The second kappa shape index (κ2) is 5.34. The summed E-state index contributed by atoms with van der Waals surface area (Å²) in [5.74, 6) is -0.0219. The van der Waals surface area contributed by atoms with Gasteiger partial charge in [0.05, 0.1) is 0 Å². The Balaban J connectivity index is 2.05. The summed E-state index contributed by atoms with van der Waals surface area (Å²) in [6, 6.07) is 8.90. The fourth-order valence-electron chi connectivity index (χ4n) is 2.00. The van der Waals surface area contributed by atoms with Crippen molar-refractivity contribution in [1.29, 1.82) is 0 Å². The van der Waals surface area contributed by atoms with Gasteiger partial charge in [0, 0.05) is 34.5 Å². The number of primary amides is 1. The van der Waals surface area contributed by atoms with Crippen LogP contribution in [0, 0.1) is 0 Å². The van der Waals surface area contributed by atoms with E-state index in [0.29, 0.717) is 11.4 Å². The minimum Gasteiger partial charge on any atom is -0.383 e. The van der Waals surface area contributed by atoms with E-state index in [1.165, 1.54) is 11.3 Å². The Kier molecular flexibility index (Phi) is 3.37. The number of nitrogens with two attached hydrogens (primary N) is 2. The predicted octanol–water partition coefficient (Wildman–Crippen LogP) is 2.55. The summed E-state index contributed by atoms with van der Waals surface area (Å²) in [5, 5.41) is 2.80. The van der Waals surface area contributed by atoms with Crippen LogP contribution in [0.5, 0.6) is 0 Å². The summed E-state index contributed by atoms with van der Waals surface area (Å²) >= 11 is 1.54. The van der Waals surface area contributed by atoms with Crippen molar-refractivity contribution in [3.8, 4) is 21.7 Å². The molecule has 0 atom stereocenters. The van der Waals surface area contributed by atoms with E-state index in [1.54, 1.807) is 36.7 Å². The minimum absolute atomic E-state index is 0.433. The molecule has 0 saturated heterocycles. The lowest BCUT2D eigenvalue weighted by Gasteiger charge is -2.07. The molecule has 0 fully saturated rings. The number of benzene rings is 1. The summed E-state index contributed by atoms with van der Waals surface area (Å²) in [5.41, 5.74) is 14.2. The molecule has 1 aromatic carbocycles. The second-order valence-electron chi connectivity index (χ2n) is 4.44. The van der Waals surface area contributed by atoms with Gasteiger partial charge in [-0.2, -0.15) is 0 Å². The van der Waals surface area contributed by atoms with E-state index in [4.69, 9.17) is 11.5 Å². The van der Waals surface area contributed by atoms with Gasteiger partial charge in [-0.1, -0.05) is 12.1 Å². The largest absolute Gasteiger partial charge is 0.383 e. The number of nitrogen functional groups attached to an aromatic ring is 1. The van der Waals surface area contributed by atoms with Crippen LogP contribution >= 0.6 is 11.3 Å². The van der Waals surface area contributed by atoms with Crippen molar-refractivity contribution < 1.29 is 4.79 Å². The van der Waals surface area contributed by atoms with Crippen LogP contribution < -0.4 is 11.5 Å². The SMILES string of the molecule is NC(=O)c1ccc(-c2cc(-c3nccs3)cnc2N)cc1. The van der Waals surface area contributed by atoms with Gasteiger partial charge in [0.25, 0.3) is 0 Å². The molecule has 21 heavy (non-hydrogen) atoms. The van der Waals surface area contributed by atoms with Gasteiger partial charge in [0.2, 0.25) is 5.91 Å². The number of carbonyl (C=O) groups excluding carboxylic acids is 1. The number of carbonyl (C=O) groups is 1. The minimum atomic E-state index is -0.454. The van der Waals surface area contributed by atoms with Crippen LogP contribution in [-0.2, 0) is 0 Å². The molecule has 3 rings (SSSR count). The van der Waals surface area contributed by atoms with Crippen molar-refractivity contribution in [1.82, 2.24) is 9.97 Å². The molecular weight excluding hydrogens is 284 g/mol. The van der Waals surface area contributed by atoms with Gasteiger partial charge in [-0.25, -0.2) is 9.97 Å². The van der Waals surface area contributed by atoms with Crippen LogP contribution in [0.4, 0.5) is 5.82 Å². The molecule has 6 heteroatoms. The Morgan fingerprint density at radius 1 is 1.10 bits per heavy atom. The van der Waals surface area contributed by atoms with E-state index < -0.39 is 5.91 Å². The number of thiazole rings is 1. The van der Waals surface area contributed by atoms with Gasteiger partial charge in [0.15, 0.2) is 0 Å². The second-order valence-corrected chi connectivity index (χ2v) is 5.33. The normalized spacial score (nSPS) is 10.5. The summed E-state index contributed by atoms with van der Waals surface area (Å²) < 4.78 is 0. The van der Waals surface area contributed by atoms with Crippen LogP contribution in [0.3, 0.4) is 0 Å². The van der Waals surface area contributed by atoms with E-state index in [9.17, 15) is 4.79 Å². The summed E-state index contributed by atoms with van der Waals surface area (Å²) in [7, 11) is 0. The number of pyridine rings is 1. The van der Waals surface area contributed by atoms with Gasteiger partial charge < -0.3 is 11.5 Å². The average Bonchev–Trinajstić information content (AvgIpc) is 3.02. The monoisotopic (exact) mass is 296 g/mol. The van der Waals surface area contributed by atoms with E-state index >= 15 is 0 Å². The Labute approximate surface area is 125 Å². The van der Waals surface area contributed by atoms with Crippen LogP contribution in [0.25, 0.3) is 21.7 Å². The molecular formula is C15H12N4OS. The highest BCUT2D eigenvalue weighted by Crippen LogP contribution is 2.30. The molecule has 0 saturated carbocycles. The van der Waals surface area contributed by atoms with Crippen LogP contribution in [-0.4, -0.2) is 15.9 Å². The topological polar surface area (TPSA) is 94.9 Å². The molecule has 0 radical (unpaired) electrons. The lowest BCUT2D eigenvalue weighted by Crippen LogP contribution is -2.10. The molecule has 0 spiro atoms. The molecule has 1 amide bonds. The number of hydrogen-bond acceptors (Lipinski definition) is 5. The maximum Gasteiger partial charge on any atom is 0.248 e. The highest BCUT2D eigenvalue weighted by molar-refractivity contribution is 7.13. The summed E-state index contributed by atoms with van der Waals surface area (Å²) in [6.07, 6.45) is 3.45. The maximum absolute atomic E-state index is 11.1. The van der Waals surface area contributed by atoms with E-state index in [0.717, 1.165) is 21.7 Å². The fourth-order valence-corrected chi connectivity index (χ4v) is 2.62. The van der Waals surface area contributed by atoms with Crippen molar-refractivity contribution in [3.63, 3.8) is 0 Å². The zero-order valence-electron chi connectivity index (χ0n) is 11.0. The molecule has 2 heterocycles. The summed E-state index contributed by atoms with van der Waals surface area (Å²) in [6.45, 7) is 0. The molecule has 2 aromatic heterocycles. The van der Waals surface area contributed by atoms with Gasteiger partial charge in [0.1, 0.15) is 10.8 Å². The van der Waals surface area contributed by atoms with Gasteiger partial charge in [-0.3, -0.25) is 4.79 Å².